The number of carbonyl (C=O) groups is 4. The normalized spacial score (nSPS) is 14.1. The second-order valence-corrected chi connectivity index (χ2v) is 8.10. The molecule has 1 saturated heterocycles. The van der Waals surface area contributed by atoms with Crippen molar-refractivity contribution in [1.82, 2.24) is 19.8 Å². The molecule has 0 aliphatic carbocycles. The van der Waals surface area contributed by atoms with Crippen LogP contribution in [0.1, 0.15) is 35.1 Å². The maximum Gasteiger partial charge on any atom is 0.313 e. The van der Waals surface area contributed by atoms with Crippen LogP contribution in [-0.4, -0.2) is 57.7 Å². The smallest absolute Gasteiger partial charge is 0.313 e. The lowest BCUT2D eigenvalue weighted by Crippen LogP contribution is -2.43. The van der Waals surface area contributed by atoms with Gasteiger partial charge in [-0.25, -0.2) is 0 Å². The SMILES string of the molecule is CC(=O)Nc1ccc(NC(=O)C(=O)NCC2CCN(C(=O)c3snnc3C)CC2)cc1. The average molecular weight is 445 g/mol. The summed E-state index contributed by atoms with van der Waals surface area (Å²) in [7, 11) is 0. The van der Waals surface area contributed by atoms with Crippen LogP contribution >= 0.6 is 11.5 Å². The predicted octanol–water partition coefficient (Wildman–Crippen LogP) is 1.41. The zero-order chi connectivity index (χ0) is 22.4. The molecular formula is C20H24N6O4S. The first-order valence-electron chi connectivity index (χ1n) is 9.88. The Kier molecular flexibility index (Phi) is 7.29. The van der Waals surface area contributed by atoms with Gasteiger partial charge in [-0.3, -0.25) is 19.2 Å². The first-order valence-corrected chi connectivity index (χ1v) is 10.7. The van der Waals surface area contributed by atoms with Gasteiger partial charge in [0.2, 0.25) is 5.91 Å². The van der Waals surface area contributed by atoms with E-state index < -0.39 is 11.8 Å². The molecule has 1 aliphatic rings. The van der Waals surface area contributed by atoms with Crippen LogP contribution in [-0.2, 0) is 14.4 Å². The van der Waals surface area contributed by atoms with Gasteiger partial charge in [-0.2, -0.15) is 0 Å². The van der Waals surface area contributed by atoms with Crippen LogP contribution in [0.5, 0.6) is 0 Å². The summed E-state index contributed by atoms with van der Waals surface area (Å²) in [6.07, 6.45) is 1.48. The van der Waals surface area contributed by atoms with Crippen LogP contribution < -0.4 is 16.0 Å². The van der Waals surface area contributed by atoms with Crippen molar-refractivity contribution < 1.29 is 19.2 Å². The van der Waals surface area contributed by atoms with E-state index in [9.17, 15) is 19.2 Å². The summed E-state index contributed by atoms with van der Waals surface area (Å²) in [5.74, 6) is -1.52. The number of amides is 4. The van der Waals surface area contributed by atoms with Crippen molar-refractivity contribution in [3.63, 3.8) is 0 Å². The Bertz CT molecular complexity index is 966. The zero-order valence-electron chi connectivity index (χ0n) is 17.3. The molecule has 1 aromatic heterocycles. The number of carbonyl (C=O) groups excluding carboxylic acids is 4. The minimum Gasteiger partial charge on any atom is -0.348 e. The summed E-state index contributed by atoms with van der Waals surface area (Å²) in [6, 6.07) is 6.47. The Balaban J connectivity index is 1.40. The summed E-state index contributed by atoms with van der Waals surface area (Å²) in [5.41, 5.74) is 1.69. The Morgan fingerprint density at radius 3 is 2.19 bits per heavy atom. The highest BCUT2D eigenvalue weighted by Gasteiger charge is 2.26. The van der Waals surface area contributed by atoms with Gasteiger partial charge in [-0.05, 0) is 61.5 Å². The number of piperidine rings is 1. The van der Waals surface area contributed by atoms with Gasteiger partial charge in [0.05, 0.1) is 5.69 Å². The molecule has 3 N–H and O–H groups in total. The molecule has 164 valence electrons. The van der Waals surface area contributed by atoms with Gasteiger partial charge in [-0.1, -0.05) is 4.49 Å². The Morgan fingerprint density at radius 1 is 1.03 bits per heavy atom. The highest BCUT2D eigenvalue weighted by atomic mass is 32.1. The maximum absolute atomic E-state index is 12.5. The molecule has 2 heterocycles. The van der Waals surface area contributed by atoms with E-state index >= 15 is 0 Å². The van der Waals surface area contributed by atoms with Crippen molar-refractivity contribution in [2.24, 2.45) is 5.92 Å². The van der Waals surface area contributed by atoms with Crippen LogP contribution in [0.15, 0.2) is 24.3 Å². The van der Waals surface area contributed by atoms with Crippen molar-refractivity contribution >= 4 is 46.5 Å². The van der Waals surface area contributed by atoms with Crippen LogP contribution in [0.2, 0.25) is 0 Å². The summed E-state index contributed by atoms with van der Waals surface area (Å²) >= 11 is 1.10. The lowest BCUT2D eigenvalue weighted by atomic mass is 9.96. The highest BCUT2D eigenvalue weighted by molar-refractivity contribution is 7.07. The van der Waals surface area contributed by atoms with E-state index in [1.165, 1.54) is 6.92 Å². The van der Waals surface area contributed by atoms with E-state index in [2.05, 4.69) is 25.5 Å². The van der Waals surface area contributed by atoms with E-state index in [0.29, 0.717) is 41.6 Å². The van der Waals surface area contributed by atoms with Crippen molar-refractivity contribution in [1.29, 1.82) is 0 Å². The third-order valence-corrected chi connectivity index (χ3v) is 5.78. The molecule has 4 amide bonds. The monoisotopic (exact) mass is 444 g/mol. The summed E-state index contributed by atoms with van der Waals surface area (Å²) in [4.78, 5) is 50.1. The maximum atomic E-state index is 12.5. The fourth-order valence-corrected chi connectivity index (χ4v) is 3.88. The molecule has 1 aromatic carbocycles. The van der Waals surface area contributed by atoms with Crippen LogP contribution in [0.3, 0.4) is 0 Å². The molecule has 0 unspecified atom stereocenters. The topological polar surface area (TPSA) is 133 Å². The van der Waals surface area contributed by atoms with Gasteiger partial charge in [0.1, 0.15) is 4.88 Å². The number of hydrogen-bond acceptors (Lipinski definition) is 7. The first-order chi connectivity index (χ1) is 14.8. The van der Waals surface area contributed by atoms with E-state index in [1.54, 1.807) is 36.1 Å². The Labute approximate surface area is 183 Å². The van der Waals surface area contributed by atoms with E-state index in [1.807, 2.05) is 0 Å². The molecular weight excluding hydrogens is 420 g/mol. The molecule has 31 heavy (non-hydrogen) atoms. The van der Waals surface area contributed by atoms with Gasteiger partial charge in [0, 0.05) is 37.9 Å². The summed E-state index contributed by atoms with van der Waals surface area (Å²) in [5, 5.41) is 11.7. The summed E-state index contributed by atoms with van der Waals surface area (Å²) in [6.45, 7) is 4.72. The number of nitrogens with zero attached hydrogens (tertiary/aromatic N) is 3. The fourth-order valence-electron chi connectivity index (χ4n) is 3.26. The molecule has 0 bridgehead atoms. The Hall–Kier alpha value is -3.34. The molecule has 2 aromatic rings. The zero-order valence-corrected chi connectivity index (χ0v) is 18.1. The van der Waals surface area contributed by atoms with Gasteiger partial charge in [-0.15, -0.1) is 5.10 Å². The molecule has 10 nitrogen and oxygen atoms in total. The molecule has 3 rings (SSSR count). The molecule has 0 saturated carbocycles. The summed E-state index contributed by atoms with van der Waals surface area (Å²) < 4.78 is 3.81. The second kappa shape index (κ2) is 10.1. The van der Waals surface area contributed by atoms with Crippen molar-refractivity contribution in [2.75, 3.05) is 30.3 Å². The minimum absolute atomic E-state index is 0.0566. The number of nitrogens with one attached hydrogen (secondary N) is 3. The number of likely N-dealkylation sites (tertiary alicyclic amines) is 1. The lowest BCUT2D eigenvalue weighted by Gasteiger charge is -2.31. The van der Waals surface area contributed by atoms with Crippen molar-refractivity contribution in [2.45, 2.75) is 26.7 Å². The van der Waals surface area contributed by atoms with Crippen molar-refractivity contribution in [3.8, 4) is 0 Å². The van der Waals surface area contributed by atoms with E-state index in [4.69, 9.17) is 0 Å². The third-order valence-electron chi connectivity index (χ3n) is 4.97. The highest BCUT2D eigenvalue weighted by Crippen LogP contribution is 2.20. The number of hydrogen-bond donors (Lipinski definition) is 3. The fraction of sp³-hybridized carbons (Fsp3) is 0.400. The largest absolute Gasteiger partial charge is 0.348 e. The lowest BCUT2D eigenvalue weighted by molar-refractivity contribution is -0.136. The number of rotatable bonds is 5. The quantitative estimate of drug-likeness (QED) is 0.597. The number of anilines is 2. The van der Waals surface area contributed by atoms with Crippen LogP contribution in [0.25, 0.3) is 0 Å². The second-order valence-electron chi connectivity index (χ2n) is 7.35. The first kappa shape index (κ1) is 22.3. The Morgan fingerprint density at radius 2 is 1.65 bits per heavy atom. The molecule has 0 radical (unpaired) electrons. The third kappa shape index (κ3) is 6.07. The predicted molar refractivity (Wildman–Crippen MR) is 116 cm³/mol. The van der Waals surface area contributed by atoms with Gasteiger partial charge >= 0.3 is 11.8 Å². The number of aromatic nitrogens is 2. The molecule has 1 aliphatic heterocycles. The number of aryl methyl sites for hydroxylation is 1. The molecule has 0 atom stereocenters. The van der Waals surface area contributed by atoms with Crippen LogP contribution in [0.4, 0.5) is 11.4 Å². The molecule has 11 heteroatoms. The minimum atomic E-state index is -0.756. The van der Waals surface area contributed by atoms with Gasteiger partial charge < -0.3 is 20.9 Å². The van der Waals surface area contributed by atoms with Gasteiger partial charge in [0.15, 0.2) is 0 Å². The molecule has 1 fully saturated rings. The number of benzene rings is 1. The van der Waals surface area contributed by atoms with Crippen molar-refractivity contribution in [3.05, 3.63) is 34.8 Å². The van der Waals surface area contributed by atoms with Gasteiger partial charge in [0.25, 0.3) is 5.91 Å². The average Bonchev–Trinajstić information content (AvgIpc) is 3.18. The molecule has 0 spiro atoms. The van der Waals surface area contributed by atoms with E-state index in [0.717, 1.165) is 24.4 Å². The standard InChI is InChI=1S/C20H24N6O4S/c1-12-17(31-25-24-12)20(30)26-9-7-14(8-10-26)11-21-18(28)19(29)23-16-5-3-15(4-6-16)22-13(2)27/h3-6,14H,7-11H2,1-2H3,(H,21,28)(H,22,27)(H,23,29). The van der Waals surface area contributed by atoms with Crippen LogP contribution in [0, 0.1) is 12.8 Å². The van der Waals surface area contributed by atoms with E-state index in [-0.39, 0.29) is 17.7 Å².